The second-order valence-corrected chi connectivity index (χ2v) is 4.20. The number of hydrogen-bond donors (Lipinski definition) is 1. The molecule has 0 unspecified atom stereocenters. The highest BCUT2D eigenvalue weighted by atomic mass is 16.1. The van der Waals surface area contributed by atoms with E-state index >= 15 is 0 Å². The molecule has 1 aromatic heterocycles. The van der Waals surface area contributed by atoms with Crippen LogP contribution in [-0.2, 0) is 0 Å². The van der Waals surface area contributed by atoms with Crippen molar-refractivity contribution in [1.29, 1.82) is 0 Å². The van der Waals surface area contributed by atoms with Crippen LogP contribution in [-0.4, -0.2) is 16.3 Å². The third-order valence-electron chi connectivity index (χ3n) is 2.94. The molecular formula is C16H12N2O. The quantitative estimate of drug-likeness (QED) is 0.720. The largest absolute Gasteiger partial charge is 0.335 e. The molecule has 3 heteroatoms. The summed E-state index contributed by atoms with van der Waals surface area (Å²) in [7, 11) is 0. The molecule has 0 fully saturated rings. The maximum absolute atomic E-state index is 11.2. The van der Waals surface area contributed by atoms with E-state index in [-0.39, 0.29) is 0 Å². The number of carbonyl (C=O) groups excluding carboxylic acids is 1. The van der Waals surface area contributed by atoms with Gasteiger partial charge in [0.1, 0.15) is 11.5 Å². The second kappa shape index (κ2) is 4.90. The van der Waals surface area contributed by atoms with Crippen molar-refractivity contribution in [2.75, 3.05) is 0 Å². The maximum Gasteiger partial charge on any atom is 0.168 e. The molecule has 0 saturated heterocycles. The third-order valence-corrected chi connectivity index (χ3v) is 2.94. The van der Waals surface area contributed by atoms with E-state index in [1.165, 1.54) is 0 Å². The van der Waals surface area contributed by atoms with E-state index in [9.17, 15) is 4.79 Å². The summed E-state index contributed by atoms with van der Waals surface area (Å²) < 4.78 is 0. The Bertz CT molecular complexity index is 687. The number of aromatic nitrogens is 2. The zero-order valence-electron chi connectivity index (χ0n) is 10.2. The lowest BCUT2D eigenvalue weighted by molar-refractivity contribution is 0.112. The first-order valence-corrected chi connectivity index (χ1v) is 6.04. The van der Waals surface area contributed by atoms with Gasteiger partial charge >= 0.3 is 0 Å². The first kappa shape index (κ1) is 11.4. The van der Waals surface area contributed by atoms with Crippen molar-refractivity contribution in [3.8, 4) is 22.6 Å². The molecule has 0 aliphatic rings. The Labute approximate surface area is 111 Å². The zero-order valence-corrected chi connectivity index (χ0v) is 10.2. The van der Waals surface area contributed by atoms with Crippen LogP contribution in [0.2, 0.25) is 0 Å². The molecule has 3 nitrogen and oxygen atoms in total. The number of nitrogens with one attached hydrogen (secondary N) is 1. The third kappa shape index (κ3) is 2.18. The van der Waals surface area contributed by atoms with Crippen molar-refractivity contribution in [2.24, 2.45) is 0 Å². The number of carbonyl (C=O) groups is 1. The lowest BCUT2D eigenvalue weighted by Gasteiger charge is -1.96. The number of imidazole rings is 1. The lowest BCUT2D eigenvalue weighted by Crippen LogP contribution is -1.84. The summed E-state index contributed by atoms with van der Waals surface area (Å²) in [4.78, 5) is 18.8. The Hall–Kier alpha value is -2.68. The average Bonchev–Trinajstić information content (AvgIpc) is 2.93. The molecule has 3 rings (SSSR count). The van der Waals surface area contributed by atoms with Crippen LogP contribution in [0.5, 0.6) is 0 Å². The summed E-state index contributed by atoms with van der Waals surface area (Å²) >= 11 is 0. The standard InChI is InChI=1S/C16H12N2O/c19-11-14-15(12-7-3-1-4-8-12)18-16(17-14)13-9-5-2-6-10-13/h1-11H,(H,17,18). The van der Waals surface area contributed by atoms with Crippen LogP contribution in [0.25, 0.3) is 22.6 Å². The molecule has 0 spiro atoms. The van der Waals surface area contributed by atoms with Crippen LogP contribution in [0.3, 0.4) is 0 Å². The molecule has 92 valence electrons. The number of nitrogens with zero attached hydrogens (tertiary/aromatic N) is 1. The van der Waals surface area contributed by atoms with Crippen LogP contribution in [0, 0.1) is 0 Å². The number of H-pyrrole nitrogens is 1. The Kier molecular flexibility index (Phi) is 2.94. The molecule has 0 radical (unpaired) electrons. The molecule has 19 heavy (non-hydrogen) atoms. The highest BCUT2D eigenvalue weighted by Crippen LogP contribution is 2.24. The minimum Gasteiger partial charge on any atom is -0.335 e. The highest BCUT2D eigenvalue weighted by Gasteiger charge is 2.12. The van der Waals surface area contributed by atoms with Gasteiger partial charge in [-0.25, -0.2) is 4.98 Å². The molecule has 3 aromatic rings. The minimum atomic E-state index is 0.505. The fourth-order valence-electron chi connectivity index (χ4n) is 2.02. The normalized spacial score (nSPS) is 10.3. The van der Waals surface area contributed by atoms with Gasteiger partial charge in [0.05, 0.1) is 5.69 Å². The molecule has 1 heterocycles. The lowest BCUT2D eigenvalue weighted by atomic mass is 10.1. The molecule has 0 saturated carbocycles. The van der Waals surface area contributed by atoms with Gasteiger partial charge in [-0.05, 0) is 0 Å². The Balaban J connectivity index is 2.12. The highest BCUT2D eigenvalue weighted by molar-refractivity contribution is 5.85. The Morgan fingerprint density at radius 2 is 1.42 bits per heavy atom. The van der Waals surface area contributed by atoms with Crippen molar-refractivity contribution >= 4 is 6.29 Å². The van der Waals surface area contributed by atoms with Gasteiger partial charge in [-0.3, -0.25) is 4.79 Å². The van der Waals surface area contributed by atoms with Gasteiger partial charge in [0.15, 0.2) is 6.29 Å². The van der Waals surface area contributed by atoms with Crippen molar-refractivity contribution in [2.45, 2.75) is 0 Å². The molecule has 0 bridgehead atoms. The van der Waals surface area contributed by atoms with Crippen LogP contribution < -0.4 is 0 Å². The van der Waals surface area contributed by atoms with Crippen LogP contribution >= 0.6 is 0 Å². The molecule has 0 amide bonds. The summed E-state index contributed by atoms with van der Waals surface area (Å²) in [6.45, 7) is 0. The van der Waals surface area contributed by atoms with Gasteiger partial charge in [0, 0.05) is 11.1 Å². The van der Waals surface area contributed by atoms with E-state index in [1.54, 1.807) is 0 Å². The number of aldehydes is 1. The van der Waals surface area contributed by atoms with Gasteiger partial charge < -0.3 is 4.98 Å². The fourth-order valence-corrected chi connectivity index (χ4v) is 2.02. The van der Waals surface area contributed by atoms with E-state index in [4.69, 9.17) is 0 Å². The van der Waals surface area contributed by atoms with Crippen LogP contribution in [0.4, 0.5) is 0 Å². The summed E-state index contributed by atoms with van der Waals surface area (Å²) in [5, 5.41) is 0. The molecule has 2 aromatic carbocycles. The monoisotopic (exact) mass is 248 g/mol. The number of rotatable bonds is 3. The predicted octanol–water partition coefficient (Wildman–Crippen LogP) is 3.56. The van der Waals surface area contributed by atoms with Crippen LogP contribution in [0.15, 0.2) is 60.7 Å². The summed E-state index contributed by atoms with van der Waals surface area (Å²) in [5.74, 6) is 0.710. The smallest absolute Gasteiger partial charge is 0.168 e. The molecule has 1 N–H and O–H groups in total. The average molecular weight is 248 g/mol. The van der Waals surface area contributed by atoms with E-state index in [1.807, 2.05) is 60.7 Å². The Morgan fingerprint density at radius 3 is 2.00 bits per heavy atom. The van der Waals surface area contributed by atoms with Crippen molar-refractivity contribution in [3.63, 3.8) is 0 Å². The number of benzene rings is 2. The number of hydrogen-bond acceptors (Lipinski definition) is 2. The summed E-state index contributed by atoms with van der Waals surface area (Å²) in [5.41, 5.74) is 3.09. The van der Waals surface area contributed by atoms with E-state index < -0.39 is 0 Å². The van der Waals surface area contributed by atoms with Gasteiger partial charge in [0.2, 0.25) is 0 Å². The van der Waals surface area contributed by atoms with Crippen molar-refractivity contribution < 1.29 is 4.79 Å². The van der Waals surface area contributed by atoms with Crippen LogP contribution in [0.1, 0.15) is 10.5 Å². The summed E-state index contributed by atoms with van der Waals surface area (Å²) in [6, 6.07) is 19.4. The molecule has 0 atom stereocenters. The van der Waals surface area contributed by atoms with Crippen molar-refractivity contribution in [3.05, 3.63) is 66.4 Å². The van der Waals surface area contributed by atoms with Gasteiger partial charge in [-0.2, -0.15) is 0 Å². The minimum absolute atomic E-state index is 0.505. The predicted molar refractivity (Wildman–Crippen MR) is 74.8 cm³/mol. The topological polar surface area (TPSA) is 45.8 Å². The maximum atomic E-state index is 11.2. The fraction of sp³-hybridized carbons (Fsp3) is 0. The second-order valence-electron chi connectivity index (χ2n) is 4.20. The Morgan fingerprint density at radius 1 is 0.842 bits per heavy atom. The van der Waals surface area contributed by atoms with Gasteiger partial charge in [-0.15, -0.1) is 0 Å². The van der Waals surface area contributed by atoms with E-state index in [0.29, 0.717) is 17.2 Å². The molecular weight excluding hydrogens is 236 g/mol. The van der Waals surface area contributed by atoms with Gasteiger partial charge in [-0.1, -0.05) is 60.7 Å². The van der Waals surface area contributed by atoms with Gasteiger partial charge in [0.25, 0.3) is 0 Å². The van der Waals surface area contributed by atoms with E-state index in [2.05, 4.69) is 9.97 Å². The SMILES string of the molecule is O=Cc1[nH]c(-c2ccccc2)nc1-c1ccccc1. The van der Waals surface area contributed by atoms with Crippen molar-refractivity contribution in [1.82, 2.24) is 9.97 Å². The molecule has 0 aliphatic heterocycles. The summed E-state index contributed by atoms with van der Waals surface area (Å²) in [6.07, 6.45) is 0.807. The first-order chi connectivity index (χ1) is 9.38. The first-order valence-electron chi connectivity index (χ1n) is 6.04. The van der Waals surface area contributed by atoms with E-state index in [0.717, 1.165) is 17.4 Å². The molecule has 0 aliphatic carbocycles. The zero-order chi connectivity index (χ0) is 13.1. The number of aromatic amines is 1.